The molecule has 0 bridgehead atoms. The number of fused-ring (bicyclic) bond motifs is 1. The number of benzene rings is 1. The van der Waals surface area contributed by atoms with E-state index < -0.39 is 0 Å². The molecule has 2 saturated heterocycles. The second-order valence-corrected chi connectivity index (χ2v) is 9.50. The summed E-state index contributed by atoms with van der Waals surface area (Å²) >= 11 is 3.61. The Morgan fingerprint density at radius 2 is 1.96 bits per heavy atom. The van der Waals surface area contributed by atoms with Crippen molar-refractivity contribution >= 4 is 32.5 Å². The molecule has 0 unspecified atom stereocenters. The van der Waals surface area contributed by atoms with Crippen LogP contribution in [0, 0.1) is 12.3 Å². The molecule has 2 aliphatic heterocycles. The maximum absolute atomic E-state index is 5.45. The third kappa shape index (κ3) is 2.65. The fourth-order valence-electron chi connectivity index (χ4n) is 4.62. The predicted molar refractivity (Wildman–Crippen MR) is 112 cm³/mol. The third-order valence-electron chi connectivity index (χ3n) is 6.30. The molecule has 3 fully saturated rings. The Morgan fingerprint density at radius 1 is 1.11 bits per heavy atom. The number of pyridine rings is 1. The van der Waals surface area contributed by atoms with Crippen LogP contribution in [0.25, 0.3) is 10.9 Å². The highest BCUT2D eigenvalue weighted by Gasteiger charge is 2.50. The number of rotatable bonds is 3. The van der Waals surface area contributed by atoms with Crippen LogP contribution in [0.2, 0.25) is 0 Å². The lowest BCUT2D eigenvalue weighted by molar-refractivity contribution is -0.126. The van der Waals surface area contributed by atoms with Gasteiger partial charge in [0.25, 0.3) is 0 Å². The van der Waals surface area contributed by atoms with E-state index in [1.807, 2.05) is 19.2 Å². The lowest BCUT2D eigenvalue weighted by Gasteiger charge is -2.56. The van der Waals surface area contributed by atoms with Crippen LogP contribution in [-0.4, -0.2) is 41.3 Å². The first-order valence-corrected chi connectivity index (χ1v) is 10.6. The molecule has 3 aliphatic rings. The van der Waals surface area contributed by atoms with Gasteiger partial charge in [-0.25, -0.2) is 9.97 Å². The smallest absolute Gasteiger partial charge is 0.132 e. The van der Waals surface area contributed by atoms with Crippen LogP contribution in [0.15, 0.2) is 41.0 Å². The summed E-state index contributed by atoms with van der Waals surface area (Å²) in [6.45, 7) is 5.99. The van der Waals surface area contributed by atoms with E-state index in [-0.39, 0.29) is 0 Å². The van der Waals surface area contributed by atoms with Gasteiger partial charge >= 0.3 is 0 Å². The summed E-state index contributed by atoms with van der Waals surface area (Å²) in [5.74, 6) is 1.75. The van der Waals surface area contributed by atoms with Crippen LogP contribution < -0.4 is 4.90 Å². The molecule has 4 heterocycles. The van der Waals surface area contributed by atoms with Crippen molar-refractivity contribution in [2.75, 3.05) is 31.2 Å². The van der Waals surface area contributed by atoms with Gasteiger partial charge in [-0.1, -0.05) is 15.9 Å². The number of hydrogen-bond acceptors (Lipinski definition) is 5. The highest BCUT2D eigenvalue weighted by atomic mass is 79.9. The first kappa shape index (κ1) is 16.9. The number of hydrogen-bond donors (Lipinski definition) is 0. The zero-order valence-electron chi connectivity index (χ0n) is 15.7. The second-order valence-electron chi connectivity index (χ2n) is 8.58. The molecule has 0 N–H and O–H groups in total. The van der Waals surface area contributed by atoms with Crippen molar-refractivity contribution in [2.45, 2.75) is 25.2 Å². The quantitative estimate of drug-likeness (QED) is 0.615. The molecular formula is C22H21BrN4O. The van der Waals surface area contributed by atoms with E-state index in [1.54, 1.807) is 0 Å². The number of anilines is 1. The summed E-state index contributed by atoms with van der Waals surface area (Å²) in [7, 11) is 0. The first-order valence-electron chi connectivity index (χ1n) is 9.83. The molecule has 2 aromatic heterocycles. The molecule has 0 amide bonds. The highest BCUT2D eigenvalue weighted by Crippen LogP contribution is 2.54. The van der Waals surface area contributed by atoms with E-state index in [4.69, 9.17) is 9.72 Å². The molecule has 142 valence electrons. The van der Waals surface area contributed by atoms with Gasteiger partial charge in [0.15, 0.2) is 0 Å². The summed E-state index contributed by atoms with van der Waals surface area (Å²) in [5.41, 5.74) is 4.95. The van der Waals surface area contributed by atoms with Gasteiger partial charge in [0.1, 0.15) is 5.82 Å². The van der Waals surface area contributed by atoms with Gasteiger partial charge in [-0.05, 0) is 43.7 Å². The summed E-state index contributed by atoms with van der Waals surface area (Å²) in [4.78, 5) is 16.7. The minimum Gasteiger partial charge on any atom is -0.380 e. The Morgan fingerprint density at radius 3 is 2.71 bits per heavy atom. The van der Waals surface area contributed by atoms with Crippen molar-refractivity contribution in [2.24, 2.45) is 5.41 Å². The van der Waals surface area contributed by atoms with Crippen LogP contribution >= 0.6 is 15.9 Å². The Kier molecular flexibility index (Phi) is 3.60. The standard InChI is InChI=1S/C22H21BrN4O/c1-13-4-5-24-21(25-13)17-7-16(17)19-8-20(27-9-22(10-27)11-28-12-22)15-3-2-14(23)6-18(15)26-19/h2-6,8,16-17H,7,9-12H2,1H3/t16-,17-/m0/s1. The van der Waals surface area contributed by atoms with Crippen molar-refractivity contribution in [3.05, 3.63) is 58.2 Å². The molecule has 3 aromatic rings. The molecule has 1 spiro atoms. The van der Waals surface area contributed by atoms with Gasteiger partial charge in [-0.2, -0.15) is 0 Å². The fraction of sp³-hybridized carbons (Fsp3) is 0.409. The van der Waals surface area contributed by atoms with Crippen LogP contribution in [-0.2, 0) is 4.74 Å². The lowest BCUT2D eigenvalue weighted by atomic mass is 9.77. The third-order valence-corrected chi connectivity index (χ3v) is 6.79. The average molecular weight is 437 g/mol. The minimum atomic E-state index is 0.382. The largest absolute Gasteiger partial charge is 0.380 e. The van der Waals surface area contributed by atoms with E-state index in [0.29, 0.717) is 17.3 Å². The maximum Gasteiger partial charge on any atom is 0.132 e. The average Bonchev–Trinajstić information content (AvgIpc) is 3.39. The summed E-state index contributed by atoms with van der Waals surface area (Å²) in [5, 5.41) is 1.23. The van der Waals surface area contributed by atoms with Gasteiger partial charge in [0, 0.05) is 58.1 Å². The Labute approximate surface area is 172 Å². The Balaban J connectivity index is 1.37. The molecule has 6 rings (SSSR count). The van der Waals surface area contributed by atoms with Gasteiger partial charge in [0.2, 0.25) is 0 Å². The Bertz CT molecular complexity index is 1090. The van der Waals surface area contributed by atoms with Gasteiger partial charge in [-0.3, -0.25) is 4.98 Å². The van der Waals surface area contributed by atoms with Crippen LogP contribution in [0.1, 0.15) is 35.5 Å². The SMILES string of the molecule is Cc1ccnc([C@H]2C[C@@H]2c2cc(N3CC4(COC4)C3)c3ccc(Br)cc3n2)n1. The molecule has 5 nitrogen and oxygen atoms in total. The number of nitrogens with zero attached hydrogens (tertiary/aromatic N) is 4. The van der Waals surface area contributed by atoms with E-state index in [2.05, 4.69) is 55.1 Å². The van der Waals surface area contributed by atoms with Crippen molar-refractivity contribution in [1.29, 1.82) is 0 Å². The minimum absolute atomic E-state index is 0.382. The molecule has 2 atom stereocenters. The van der Waals surface area contributed by atoms with Crippen molar-refractivity contribution in [3.8, 4) is 0 Å². The van der Waals surface area contributed by atoms with E-state index in [0.717, 1.165) is 54.2 Å². The van der Waals surface area contributed by atoms with Crippen LogP contribution in [0.3, 0.4) is 0 Å². The molecule has 28 heavy (non-hydrogen) atoms. The normalized spacial score (nSPS) is 24.9. The van der Waals surface area contributed by atoms with Gasteiger partial charge < -0.3 is 9.64 Å². The van der Waals surface area contributed by atoms with Crippen molar-refractivity contribution in [3.63, 3.8) is 0 Å². The van der Waals surface area contributed by atoms with Crippen LogP contribution in [0.5, 0.6) is 0 Å². The molecule has 1 saturated carbocycles. The summed E-state index contributed by atoms with van der Waals surface area (Å²) in [6.07, 6.45) is 2.94. The molecular weight excluding hydrogens is 416 g/mol. The molecule has 1 aromatic carbocycles. The monoisotopic (exact) mass is 436 g/mol. The predicted octanol–water partition coefficient (Wildman–Crippen LogP) is 4.20. The van der Waals surface area contributed by atoms with Gasteiger partial charge in [0.05, 0.1) is 24.1 Å². The first-order chi connectivity index (χ1) is 13.6. The zero-order valence-corrected chi connectivity index (χ0v) is 17.3. The fourth-order valence-corrected chi connectivity index (χ4v) is 4.96. The second kappa shape index (κ2) is 5.97. The number of aromatic nitrogens is 3. The van der Waals surface area contributed by atoms with E-state index in [1.165, 1.54) is 16.8 Å². The Hall–Kier alpha value is -2.05. The number of aryl methyl sites for hydroxylation is 1. The van der Waals surface area contributed by atoms with Crippen LogP contribution in [0.4, 0.5) is 5.69 Å². The van der Waals surface area contributed by atoms with E-state index >= 15 is 0 Å². The van der Waals surface area contributed by atoms with E-state index in [9.17, 15) is 0 Å². The number of halogens is 1. The maximum atomic E-state index is 5.45. The zero-order chi connectivity index (χ0) is 18.9. The van der Waals surface area contributed by atoms with Crippen molar-refractivity contribution < 1.29 is 4.74 Å². The molecule has 0 radical (unpaired) electrons. The van der Waals surface area contributed by atoms with Crippen molar-refractivity contribution in [1.82, 2.24) is 15.0 Å². The lowest BCUT2D eigenvalue weighted by Crippen LogP contribution is -2.66. The van der Waals surface area contributed by atoms with Gasteiger partial charge in [-0.15, -0.1) is 0 Å². The summed E-state index contributed by atoms with van der Waals surface area (Å²) in [6, 6.07) is 10.7. The molecule has 1 aliphatic carbocycles. The molecule has 6 heteroatoms. The topological polar surface area (TPSA) is 51.1 Å². The highest BCUT2D eigenvalue weighted by molar-refractivity contribution is 9.10. The number of ether oxygens (including phenoxy) is 1. The summed E-state index contributed by atoms with van der Waals surface area (Å²) < 4.78 is 6.52.